The highest BCUT2D eigenvalue weighted by Crippen LogP contribution is 2.28. The third-order valence-electron chi connectivity index (χ3n) is 2.85. The first-order chi connectivity index (χ1) is 11.0. The van der Waals surface area contributed by atoms with Crippen molar-refractivity contribution in [2.75, 3.05) is 6.61 Å². The van der Waals surface area contributed by atoms with Crippen LogP contribution in [0, 0.1) is 10.1 Å². The molecule has 0 aliphatic heterocycles. The molecule has 0 N–H and O–H groups in total. The van der Waals surface area contributed by atoms with Gasteiger partial charge in [0.2, 0.25) is 0 Å². The van der Waals surface area contributed by atoms with E-state index in [0.717, 1.165) is 6.07 Å². The predicted molar refractivity (Wildman–Crippen MR) is 82.6 cm³/mol. The van der Waals surface area contributed by atoms with Crippen LogP contribution in [-0.2, 0) is 11.3 Å². The highest BCUT2D eigenvalue weighted by molar-refractivity contribution is 6.29. The van der Waals surface area contributed by atoms with Crippen molar-refractivity contribution in [2.24, 2.45) is 0 Å². The number of carbonyl (C=O) groups is 1. The van der Waals surface area contributed by atoms with Gasteiger partial charge in [-0.15, -0.1) is 0 Å². The molecule has 0 saturated heterocycles. The van der Waals surface area contributed by atoms with E-state index in [4.69, 9.17) is 21.1 Å². The van der Waals surface area contributed by atoms with Crippen LogP contribution < -0.4 is 4.74 Å². The van der Waals surface area contributed by atoms with Crippen LogP contribution in [0.5, 0.6) is 5.75 Å². The van der Waals surface area contributed by atoms with E-state index in [1.807, 2.05) is 0 Å². The minimum atomic E-state index is -0.675. The second-order valence-electron chi connectivity index (χ2n) is 4.44. The maximum Gasteiger partial charge on any atom is 0.338 e. The summed E-state index contributed by atoms with van der Waals surface area (Å²) < 4.78 is 10.3. The van der Waals surface area contributed by atoms with Gasteiger partial charge in [-0.2, -0.15) is 0 Å². The van der Waals surface area contributed by atoms with Crippen LogP contribution in [0.25, 0.3) is 0 Å². The molecule has 0 saturated carbocycles. The number of hydrogen-bond donors (Lipinski definition) is 0. The predicted octanol–water partition coefficient (Wildman–Crippen LogP) is 3.40. The van der Waals surface area contributed by atoms with E-state index in [0.29, 0.717) is 10.7 Å². The number of ether oxygens (including phenoxy) is 2. The quantitative estimate of drug-likeness (QED) is 0.347. The van der Waals surface area contributed by atoms with E-state index in [9.17, 15) is 14.9 Å². The summed E-state index contributed by atoms with van der Waals surface area (Å²) in [5.74, 6) is -0.568. The molecule has 0 amide bonds. The van der Waals surface area contributed by atoms with Crippen LogP contribution >= 0.6 is 11.6 Å². The number of esters is 1. The maximum atomic E-state index is 12.0. The second-order valence-corrected chi connectivity index (χ2v) is 4.83. The molecule has 1 aromatic heterocycles. The van der Waals surface area contributed by atoms with Gasteiger partial charge in [0.25, 0.3) is 0 Å². The van der Waals surface area contributed by atoms with Gasteiger partial charge in [0, 0.05) is 17.8 Å². The molecule has 0 aliphatic carbocycles. The average Bonchev–Trinajstić information content (AvgIpc) is 2.54. The van der Waals surface area contributed by atoms with Gasteiger partial charge in [0.05, 0.1) is 17.1 Å². The molecule has 0 fully saturated rings. The Morgan fingerprint density at radius 3 is 2.74 bits per heavy atom. The topological polar surface area (TPSA) is 91.6 Å². The molecule has 2 rings (SSSR count). The highest BCUT2D eigenvalue weighted by atomic mass is 35.5. The number of benzene rings is 1. The molecule has 2 aromatic rings. The van der Waals surface area contributed by atoms with Gasteiger partial charge in [-0.1, -0.05) is 17.7 Å². The molecule has 0 bridgehead atoms. The van der Waals surface area contributed by atoms with E-state index in [2.05, 4.69) is 4.98 Å². The molecule has 23 heavy (non-hydrogen) atoms. The number of halogens is 1. The Balaban J connectivity index is 2.11. The summed E-state index contributed by atoms with van der Waals surface area (Å²) in [4.78, 5) is 26.3. The Morgan fingerprint density at radius 2 is 2.13 bits per heavy atom. The summed E-state index contributed by atoms with van der Waals surface area (Å²) in [6, 6.07) is 7.17. The Morgan fingerprint density at radius 1 is 1.35 bits per heavy atom. The minimum absolute atomic E-state index is 0.00991. The van der Waals surface area contributed by atoms with E-state index in [-0.39, 0.29) is 30.2 Å². The van der Waals surface area contributed by atoms with Gasteiger partial charge in [-0.25, -0.2) is 9.78 Å². The zero-order valence-electron chi connectivity index (χ0n) is 12.2. The van der Waals surface area contributed by atoms with E-state index in [1.54, 1.807) is 19.1 Å². The fourth-order valence-corrected chi connectivity index (χ4v) is 1.90. The molecule has 8 heteroatoms. The maximum absolute atomic E-state index is 12.0. The number of carbonyl (C=O) groups excluding carboxylic acids is 1. The molecule has 0 radical (unpaired) electrons. The zero-order chi connectivity index (χ0) is 16.8. The fraction of sp³-hybridized carbons (Fsp3) is 0.200. The normalized spacial score (nSPS) is 10.2. The molecule has 1 aromatic carbocycles. The van der Waals surface area contributed by atoms with Crippen molar-refractivity contribution in [2.45, 2.75) is 13.5 Å². The number of hydrogen-bond acceptors (Lipinski definition) is 6. The molecular weight excluding hydrogens is 324 g/mol. The lowest BCUT2D eigenvalue weighted by atomic mass is 10.2. The summed E-state index contributed by atoms with van der Waals surface area (Å²) >= 11 is 5.66. The Labute approximate surface area is 137 Å². The largest absolute Gasteiger partial charge is 0.487 e. The van der Waals surface area contributed by atoms with Gasteiger partial charge < -0.3 is 9.47 Å². The lowest BCUT2D eigenvalue weighted by Crippen LogP contribution is -2.07. The van der Waals surface area contributed by atoms with Crippen LogP contribution in [-0.4, -0.2) is 22.5 Å². The zero-order valence-corrected chi connectivity index (χ0v) is 12.9. The highest BCUT2D eigenvalue weighted by Gasteiger charge is 2.19. The fourth-order valence-electron chi connectivity index (χ4n) is 1.79. The summed E-state index contributed by atoms with van der Waals surface area (Å²) in [5, 5.41) is 11.4. The SMILES string of the molecule is CCOc1ccc(C(=O)OCc2ccc(Cl)nc2)cc1[N+](=O)[O-]. The molecule has 0 spiro atoms. The van der Waals surface area contributed by atoms with Crippen LogP contribution in [0.15, 0.2) is 36.5 Å². The van der Waals surface area contributed by atoms with Crippen molar-refractivity contribution in [1.82, 2.24) is 4.98 Å². The summed E-state index contributed by atoms with van der Waals surface area (Å²) in [5.41, 5.74) is 0.444. The number of nitro groups is 1. The van der Waals surface area contributed by atoms with Crippen molar-refractivity contribution in [1.29, 1.82) is 0 Å². The monoisotopic (exact) mass is 336 g/mol. The lowest BCUT2D eigenvalue weighted by Gasteiger charge is -2.07. The lowest BCUT2D eigenvalue weighted by molar-refractivity contribution is -0.385. The van der Waals surface area contributed by atoms with Crippen molar-refractivity contribution < 1.29 is 19.2 Å². The number of nitrogens with zero attached hydrogens (tertiary/aromatic N) is 2. The van der Waals surface area contributed by atoms with Crippen molar-refractivity contribution in [3.8, 4) is 5.75 Å². The standard InChI is InChI=1S/C15H13ClN2O5/c1-2-22-13-5-4-11(7-12(13)18(20)21)15(19)23-9-10-3-6-14(16)17-8-10/h3-8H,2,9H2,1H3. The number of nitro benzene ring substituents is 1. The molecule has 0 aliphatic rings. The molecule has 7 nitrogen and oxygen atoms in total. The first kappa shape index (κ1) is 16.7. The van der Waals surface area contributed by atoms with Gasteiger partial charge >= 0.3 is 11.7 Å². The Bertz CT molecular complexity index is 718. The van der Waals surface area contributed by atoms with E-state index >= 15 is 0 Å². The van der Waals surface area contributed by atoms with Gasteiger partial charge in [0.1, 0.15) is 11.8 Å². The van der Waals surface area contributed by atoms with Gasteiger partial charge in [-0.05, 0) is 25.1 Å². The molecular formula is C15H13ClN2O5. The Kier molecular flexibility index (Phi) is 5.48. The summed E-state index contributed by atoms with van der Waals surface area (Å²) in [6.45, 7) is 1.99. The summed E-state index contributed by atoms with van der Waals surface area (Å²) in [7, 11) is 0. The molecule has 1 heterocycles. The number of aromatic nitrogens is 1. The van der Waals surface area contributed by atoms with Crippen LogP contribution in [0.1, 0.15) is 22.8 Å². The minimum Gasteiger partial charge on any atom is -0.487 e. The third kappa shape index (κ3) is 4.40. The van der Waals surface area contributed by atoms with Crippen molar-refractivity contribution in [3.63, 3.8) is 0 Å². The number of rotatable bonds is 6. The van der Waals surface area contributed by atoms with Crippen LogP contribution in [0.4, 0.5) is 5.69 Å². The first-order valence-electron chi connectivity index (χ1n) is 6.70. The number of pyridine rings is 1. The van der Waals surface area contributed by atoms with Crippen molar-refractivity contribution >= 4 is 23.3 Å². The van der Waals surface area contributed by atoms with Crippen molar-refractivity contribution in [3.05, 3.63) is 62.9 Å². The van der Waals surface area contributed by atoms with Gasteiger partial charge in [0.15, 0.2) is 5.75 Å². The van der Waals surface area contributed by atoms with E-state index in [1.165, 1.54) is 18.3 Å². The molecule has 0 unspecified atom stereocenters. The van der Waals surface area contributed by atoms with E-state index < -0.39 is 10.9 Å². The smallest absolute Gasteiger partial charge is 0.338 e. The molecule has 120 valence electrons. The summed E-state index contributed by atoms with van der Waals surface area (Å²) in [6.07, 6.45) is 1.48. The van der Waals surface area contributed by atoms with Crippen LogP contribution in [0.3, 0.4) is 0 Å². The third-order valence-corrected chi connectivity index (χ3v) is 3.07. The molecule has 0 atom stereocenters. The second kappa shape index (κ2) is 7.55. The van der Waals surface area contributed by atoms with Gasteiger partial charge in [-0.3, -0.25) is 10.1 Å². The first-order valence-corrected chi connectivity index (χ1v) is 7.08. The Hall–Kier alpha value is -2.67. The van der Waals surface area contributed by atoms with Crippen LogP contribution in [0.2, 0.25) is 5.15 Å². The average molecular weight is 337 g/mol.